The molecule has 3 heteroatoms. The van der Waals surface area contributed by atoms with Crippen LogP contribution >= 0.6 is 22.6 Å². The molecule has 0 radical (unpaired) electrons. The first kappa shape index (κ1) is 12.5. The molecule has 0 N–H and O–H groups in total. The van der Waals surface area contributed by atoms with Gasteiger partial charge in [0.25, 0.3) is 0 Å². The molecule has 0 aromatic heterocycles. The van der Waals surface area contributed by atoms with Crippen molar-refractivity contribution < 1.29 is 9.53 Å². The SMILES string of the molecule is CCOc1cc(CC)c(I)cc1C(C)=O. The van der Waals surface area contributed by atoms with Gasteiger partial charge in [0.15, 0.2) is 5.78 Å². The third-order valence-corrected chi connectivity index (χ3v) is 3.21. The number of ketones is 1. The molecule has 0 saturated heterocycles. The van der Waals surface area contributed by atoms with E-state index in [9.17, 15) is 4.79 Å². The zero-order chi connectivity index (χ0) is 11.4. The second-order valence-corrected chi connectivity index (χ2v) is 4.44. The molecule has 0 bridgehead atoms. The van der Waals surface area contributed by atoms with Crippen LogP contribution in [0.2, 0.25) is 0 Å². The molecule has 0 unspecified atom stereocenters. The lowest BCUT2D eigenvalue weighted by molar-refractivity contribution is 0.101. The van der Waals surface area contributed by atoms with Gasteiger partial charge in [-0.3, -0.25) is 4.79 Å². The van der Waals surface area contributed by atoms with Gasteiger partial charge < -0.3 is 4.74 Å². The lowest BCUT2D eigenvalue weighted by Gasteiger charge is -2.11. The van der Waals surface area contributed by atoms with Crippen LogP contribution in [0.15, 0.2) is 12.1 Å². The van der Waals surface area contributed by atoms with Crippen LogP contribution < -0.4 is 4.74 Å². The largest absolute Gasteiger partial charge is 0.493 e. The Labute approximate surface area is 104 Å². The summed E-state index contributed by atoms with van der Waals surface area (Å²) in [6.07, 6.45) is 0.955. The Morgan fingerprint density at radius 2 is 2.07 bits per heavy atom. The fourth-order valence-corrected chi connectivity index (χ4v) is 2.26. The zero-order valence-corrected chi connectivity index (χ0v) is 11.4. The highest BCUT2D eigenvalue weighted by Gasteiger charge is 2.11. The van der Waals surface area contributed by atoms with E-state index >= 15 is 0 Å². The average Bonchev–Trinajstić information content (AvgIpc) is 2.20. The molecule has 1 rings (SSSR count). The van der Waals surface area contributed by atoms with E-state index in [0.29, 0.717) is 17.9 Å². The monoisotopic (exact) mass is 318 g/mol. The minimum Gasteiger partial charge on any atom is -0.493 e. The number of rotatable bonds is 4. The maximum absolute atomic E-state index is 11.4. The highest BCUT2D eigenvalue weighted by molar-refractivity contribution is 14.1. The Hall–Kier alpha value is -0.580. The maximum Gasteiger partial charge on any atom is 0.163 e. The number of hydrogen-bond acceptors (Lipinski definition) is 2. The molecule has 15 heavy (non-hydrogen) atoms. The summed E-state index contributed by atoms with van der Waals surface area (Å²) in [7, 11) is 0. The minimum absolute atomic E-state index is 0.0546. The maximum atomic E-state index is 11.4. The molecule has 0 atom stereocenters. The lowest BCUT2D eigenvalue weighted by atomic mass is 10.1. The summed E-state index contributed by atoms with van der Waals surface area (Å²) in [5.74, 6) is 0.765. The smallest absolute Gasteiger partial charge is 0.163 e. The van der Waals surface area contributed by atoms with Gasteiger partial charge in [-0.05, 0) is 60.6 Å². The standard InChI is InChI=1S/C12H15IO2/c1-4-9-6-12(15-5-2)10(8(3)14)7-11(9)13/h6-7H,4-5H2,1-3H3. The van der Waals surface area contributed by atoms with Gasteiger partial charge in [-0.2, -0.15) is 0 Å². The van der Waals surface area contributed by atoms with Crippen LogP contribution in [0.25, 0.3) is 0 Å². The molecule has 0 heterocycles. The van der Waals surface area contributed by atoms with Crippen LogP contribution in [0.3, 0.4) is 0 Å². The molecule has 1 aromatic carbocycles. The van der Waals surface area contributed by atoms with Crippen molar-refractivity contribution in [2.75, 3.05) is 6.61 Å². The molecule has 0 saturated carbocycles. The van der Waals surface area contributed by atoms with E-state index in [4.69, 9.17) is 4.74 Å². The van der Waals surface area contributed by atoms with E-state index in [2.05, 4.69) is 29.5 Å². The van der Waals surface area contributed by atoms with Crippen molar-refractivity contribution >= 4 is 28.4 Å². The molecular weight excluding hydrogens is 303 g/mol. The van der Waals surface area contributed by atoms with E-state index in [1.54, 1.807) is 6.92 Å². The molecule has 0 spiro atoms. The van der Waals surface area contributed by atoms with Crippen LogP contribution in [0, 0.1) is 3.57 Å². The molecule has 0 aliphatic rings. The Balaban J connectivity index is 3.25. The number of halogens is 1. The summed E-state index contributed by atoms with van der Waals surface area (Å²) in [6.45, 7) is 6.18. The lowest BCUT2D eigenvalue weighted by Crippen LogP contribution is -2.03. The van der Waals surface area contributed by atoms with Crippen LogP contribution in [0.4, 0.5) is 0 Å². The van der Waals surface area contributed by atoms with Gasteiger partial charge in [0.1, 0.15) is 5.75 Å². The number of aryl methyl sites for hydroxylation is 1. The van der Waals surface area contributed by atoms with Crippen LogP contribution in [-0.2, 0) is 6.42 Å². The zero-order valence-electron chi connectivity index (χ0n) is 9.26. The Morgan fingerprint density at radius 3 is 2.53 bits per heavy atom. The number of ether oxygens (including phenoxy) is 1. The van der Waals surface area contributed by atoms with Crippen molar-refractivity contribution in [3.05, 3.63) is 26.8 Å². The van der Waals surface area contributed by atoms with Crippen molar-refractivity contribution in [2.45, 2.75) is 27.2 Å². The molecule has 0 aliphatic carbocycles. The van der Waals surface area contributed by atoms with E-state index in [1.807, 2.05) is 19.1 Å². The summed E-state index contributed by atoms with van der Waals surface area (Å²) in [6, 6.07) is 3.88. The fraction of sp³-hybridized carbons (Fsp3) is 0.417. The van der Waals surface area contributed by atoms with E-state index in [0.717, 1.165) is 9.99 Å². The summed E-state index contributed by atoms with van der Waals surface area (Å²) in [5.41, 5.74) is 1.91. The summed E-state index contributed by atoms with van der Waals surface area (Å²) in [5, 5.41) is 0. The second-order valence-electron chi connectivity index (χ2n) is 3.28. The van der Waals surface area contributed by atoms with Crippen molar-refractivity contribution in [2.24, 2.45) is 0 Å². The van der Waals surface area contributed by atoms with E-state index in [1.165, 1.54) is 5.56 Å². The minimum atomic E-state index is 0.0546. The van der Waals surface area contributed by atoms with Gasteiger partial charge in [0.05, 0.1) is 12.2 Å². The molecule has 2 nitrogen and oxygen atoms in total. The quantitative estimate of drug-likeness (QED) is 0.628. The van der Waals surface area contributed by atoms with Crippen molar-refractivity contribution in [3.63, 3.8) is 0 Å². The molecular formula is C12H15IO2. The third-order valence-electron chi connectivity index (χ3n) is 2.21. The van der Waals surface area contributed by atoms with Gasteiger partial charge in [-0.25, -0.2) is 0 Å². The van der Waals surface area contributed by atoms with Crippen molar-refractivity contribution in [1.29, 1.82) is 0 Å². The predicted molar refractivity (Wildman–Crippen MR) is 69.7 cm³/mol. The fourth-order valence-electron chi connectivity index (χ4n) is 1.42. The van der Waals surface area contributed by atoms with Gasteiger partial charge in [0, 0.05) is 3.57 Å². The van der Waals surface area contributed by atoms with E-state index in [-0.39, 0.29) is 5.78 Å². The Bertz CT molecular complexity index is 372. The van der Waals surface area contributed by atoms with Crippen LogP contribution in [-0.4, -0.2) is 12.4 Å². The second kappa shape index (κ2) is 5.49. The molecule has 0 fully saturated rings. The summed E-state index contributed by atoms with van der Waals surface area (Å²) >= 11 is 2.26. The van der Waals surface area contributed by atoms with Gasteiger partial charge in [0.2, 0.25) is 0 Å². The van der Waals surface area contributed by atoms with Crippen LogP contribution in [0.5, 0.6) is 5.75 Å². The normalized spacial score (nSPS) is 10.1. The third kappa shape index (κ3) is 2.93. The summed E-state index contributed by atoms with van der Waals surface area (Å²) < 4.78 is 6.60. The van der Waals surface area contributed by atoms with Gasteiger partial charge in [-0.1, -0.05) is 6.92 Å². The number of benzene rings is 1. The number of Topliss-reactive ketones (excluding diaryl/α,β-unsaturated/α-hetero) is 1. The first-order valence-electron chi connectivity index (χ1n) is 5.06. The van der Waals surface area contributed by atoms with Gasteiger partial charge >= 0.3 is 0 Å². The first-order valence-corrected chi connectivity index (χ1v) is 6.14. The number of carbonyl (C=O) groups excluding carboxylic acids is 1. The van der Waals surface area contributed by atoms with Gasteiger partial charge in [-0.15, -0.1) is 0 Å². The number of hydrogen-bond donors (Lipinski definition) is 0. The Kier molecular flexibility index (Phi) is 4.57. The number of carbonyl (C=O) groups is 1. The van der Waals surface area contributed by atoms with Crippen molar-refractivity contribution in [1.82, 2.24) is 0 Å². The Morgan fingerprint density at radius 1 is 1.40 bits per heavy atom. The average molecular weight is 318 g/mol. The first-order chi connectivity index (χ1) is 7.10. The van der Waals surface area contributed by atoms with Crippen LogP contribution in [0.1, 0.15) is 36.7 Å². The predicted octanol–water partition coefficient (Wildman–Crippen LogP) is 3.45. The molecule has 1 aromatic rings. The highest BCUT2D eigenvalue weighted by Crippen LogP contribution is 2.26. The highest BCUT2D eigenvalue weighted by atomic mass is 127. The van der Waals surface area contributed by atoms with Crippen molar-refractivity contribution in [3.8, 4) is 5.75 Å². The van der Waals surface area contributed by atoms with E-state index < -0.39 is 0 Å². The molecule has 0 aliphatic heterocycles. The molecule has 82 valence electrons. The topological polar surface area (TPSA) is 26.3 Å². The summed E-state index contributed by atoms with van der Waals surface area (Å²) in [4.78, 5) is 11.4. The molecule has 0 amide bonds.